The monoisotopic (exact) mass is 344 g/mol. The van der Waals surface area contributed by atoms with E-state index in [9.17, 15) is 10.2 Å². The topological polar surface area (TPSA) is 68.2 Å². The number of benzene rings is 2. The van der Waals surface area contributed by atoms with Crippen LogP contribution in [0.2, 0.25) is 0 Å². The lowest BCUT2D eigenvalue weighted by atomic mass is 10.0. The van der Waals surface area contributed by atoms with Gasteiger partial charge in [0.25, 0.3) is 0 Å². The second-order valence-corrected chi connectivity index (χ2v) is 6.19. The largest absolute Gasteiger partial charge is 0.390 e. The average molecular weight is 344 g/mol. The van der Waals surface area contributed by atoms with Crippen LogP contribution in [0.1, 0.15) is 17.5 Å². The van der Waals surface area contributed by atoms with E-state index in [-0.39, 0.29) is 13.0 Å². The number of hydrogen-bond donors (Lipinski definition) is 2. The van der Waals surface area contributed by atoms with Crippen molar-refractivity contribution in [2.24, 2.45) is 0 Å². The van der Waals surface area contributed by atoms with Crippen molar-refractivity contribution in [3.05, 3.63) is 71.8 Å². The van der Waals surface area contributed by atoms with Gasteiger partial charge in [0.1, 0.15) is 12.2 Å². The smallest absolute Gasteiger partial charge is 0.157 e. The molecule has 0 bridgehead atoms. The summed E-state index contributed by atoms with van der Waals surface area (Å²) in [5.41, 5.74) is 2.07. The first kappa shape index (κ1) is 18.0. The molecule has 1 fully saturated rings. The Kier molecular flexibility index (Phi) is 6.55. The van der Waals surface area contributed by atoms with E-state index in [1.165, 1.54) is 0 Å². The van der Waals surface area contributed by atoms with E-state index in [2.05, 4.69) is 0 Å². The highest BCUT2D eigenvalue weighted by Crippen LogP contribution is 2.23. The number of rotatable bonds is 7. The molecule has 5 heteroatoms. The summed E-state index contributed by atoms with van der Waals surface area (Å²) in [6.07, 6.45) is -2.73. The molecule has 0 aromatic heterocycles. The molecule has 4 atom stereocenters. The van der Waals surface area contributed by atoms with Gasteiger partial charge in [0, 0.05) is 6.42 Å². The minimum absolute atomic E-state index is 0.134. The molecule has 2 N–H and O–H groups in total. The average Bonchev–Trinajstić information content (AvgIpc) is 2.62. The quantitative estimate of drug-likeness (QED) is 0.806. The van der Waals surface area contributed by atoms with E-state index in [1.54, 1.807) is 0 Å². The van der Waals surface area contributed by atoms with Crippen molar-refractivity contribution in [2.45, 2.75) is 44.2 Å². The van der Waals surface area contributed by atoms with E-state index >= 15 is 0 Å². The molecule has 2 aromatic rings. The lowest BCUT2D eigenvalue weighted by Crippen LogP contribution is -2.51. The molecule has 0 aliphatic carbocycles. The van der Waals surface area contributed by atoms with E-state index in [1.807, 2.05) is 60.7 Å². The molecule has 0 spiro atoms. The summed E-state index contributed by atoms with van der Waals surface area (Å²) in [5.74, 6) is 0. The van der Waals surface area contributed by atoms with Gasteiger partial charge in [-0.15, -0.1) is 0 Å². The minimum atomic E-state index is -1.00. The molecule has 134 valence electrons. The number of ether oxygens (including phenoxy) is 3. The van der Waals surface area contributed by atoms with Crippen LogP contribution in [0.25, 0.3) is 0 Å². The molecule has 1 heterocycles. The van der Waals surface area contributed by atoms with Crippen molar-refractivity contribution in [1.29, 1.82) is 0 Å². The molecular weight excluding hydrogens is 320 g/mol. The van der Waals surface area contributed by atoms with Crippen LogP contribution >= 0.6 is 0 Å². The third-order valence-corrected chi connectivity index (χ3v) is 4.20. The number of aliphatic hydroxyl groups excluding tert-OH is 2. The second kappa shape index (κ2) is 9.08. The molecule has 1 aliphatic heterocycles. The zero-order valence-corrected chi connectivity index (χ0v) is 14.0. The molecule has 2 aromatic carbocycles. The van der Waals surface area contributed by atoms with Crippen LogP contribution < -0.4 is 0 Å². The Labute approximate surface area is 147 Å². The zero-order chi connectivity index (χ0) is 17.5. The van der Waals surface area contributed by atoms with Gasteiger partial charge >= 0.3 is 0 Å². The van der Waals surface area contributed by atoms with Gasteiger partial charge in [0.15, 0.2) is 6.29 Å². The van der Waals surface area contributed by atoms with Crippen LogP contribution in [-0.2, 0) is 27.4 Å². The fourth-order valence-electron chi connectivity index (χ4n) is 2.91. The Balaban J connectivity index is 1.55. The van der Waals surface area contributed by atoms with Crippen LogP contribution in [0.3, 0.4) is 0 Å². The standard InChI is InChI=1S/C20H24O5/c21-17-11-19(22)25-18(14-23-12-15-7-3-1-4-8-15)20(17)24-13-16-9-5-2-6-10-16/h1-10,17-22H,11-14H2. The third-order valence-electron chi connectivity index (χ3n) is 4.20. The molecule has 25 heavy (non-hydrogen) atoms. The van der Waals surface area contributed by atoms with Gasteiger partial charge in [0.05, 0.1) is 25.9 Å². The van der Waals surface area contributed by atoms with Crippen LogP contribution in [0.4, 0.5) is 0 Å². The normalized spacial score (nSPS) is 26.5. The predicted octanol–water partition coefficient (Wildman–Crippen LogP) is 2.26. The Morgan fingerprint density at radius 2 is 1.48 bits per heavy atom. The van der Waals surface area contributed by atoms with Crippen LogP contribution in [0, 0.1) is 0 Å². The highest BCUT2D eigenvalue weighted by atomic mass is 16.6. The maximum Gasteiger partial charge on any atom is 0.157 e. The summed E-state index contributed by atoms with van der Waals surface area (Å²) in [5, 5.41) is 20.1. The van der Waals surface area contributed by atoms with E-state index in [4.69, 9.17) is 14.2 Å². The maximum atomic E-state index is 10.3. The van der Waals surface area contributed by atoms with Gasteiger partial charge in [-0.2, -0.15) is 0 Å². The van der Waals surface area contributed by atoms with Gasteiger partial charge in [-0.25, -0.2) is 0 Å². The second-order valence-electron chi connectivity index (χ2n) is 6.19. The first-order valence-electron chi connectivity index (χ1n) is 8.51. The summed E-state index contributed by atoms with van der Waals surface area (Å²) in [4.78, 5) is 0. The highest BCUT2D eigenvalue weighted by molar-refractivity contribution is 5.14. The lowest BCUT2D eigenvalue weighted by molar-refractivity contribution is -0.255. The van der Waals surface area contributed by atoms with Crippen LogP contribution in [-0.4, -0.2) is 41.4 Å². The third kappa shape index (κ3) is 5.36. The maximum absolute atomic E-state index is 10.3. The van der Waals surface area contributed by atoms with Gasteiger partial charge in [0.2, 0.25) is 0 Å². The first-order chi connectivity index (χ1) is 12.2. The number of aliphatic hydroxyl groups is 2. The SMILES string of the molecule is OC1CC(O)C(OCc2ccccc2)C(COCc2ccccc2)O1. The van der Waals surface area contributed by atoms with Crippen molar-refractivity contribution in [1.82, 2.24) is 0 Å². The number of hydrogen-bond acceptors (Lipinski definition) is 5. The summed E-state index contributed by atoms with van der Waals surface area (Å²) < 4.78 is 17.1. The summed E-state index contributed by atoms with van der Waals surface area (Å²) in [6, 6.07) is 19.6. The summed E-state index contributed by atoms with van der Waals surface area (Å²) in [6.45, 7) is 1.05. The minimum Gasteiger partial charge on any atom is -0.390 e. The first-order valence-corrected chi connectivity index (χ1v) is 8.51. The molecule has 5 nitrogen and oxygen atoms in total. The zero-order valence-electron chi connectivity index (χ0n) is 14.0. The van der Waals surface area contributed by atoms with Gasteiger partial charge in [-0.05, 0) is 11.1 Å². The van der Waals surface area contributed by atoms with Gasteiger partial charge < -0.3 is 24.4 Å². The van der Waals surface area contributed by atoms with Crippen molar-refractivity contribution >= 4 is 0 Å². The van der Waals surface area contributed by atoms with Crippen molar-refractivity contribution in [3.8, 4) is 0 Å². The summed E-state index contributed by atoms with van der Waals surface area (Å²) >= 11 is 0. The molecule has 1 saturated heterocycles. The lowest BCUT2D eigenvalue weighted by Gasteiger charge is -2.37. The van der Waals surface area contributed by atoms with Crippen LogP contribution in [0.5, 0.6) is 0 Å². The Hall–Kier alpha value is -1.76. The van der Waals surface area contributed by atoms with Gasteiger partial charge in [-0.1, -0.05) is 60.7 Å². The van der Waals surface area contributed by atoms with E-state index < -0.39 is 24.6 Å². The Morgan fingerprint density at radius 1 is 0.880 bits per heavy atom. The van der Waals surface area contributed by atoms with Crippen LogP contribution in [0.15, 0.2) is 60.7 Å². The van der Waals surface area contributed by atoms with Crippen molar-refractivity contribution in [2.75, 3.05) is 6.61 Å². The molecule has 3 rings (SSSR count). The fourth-order valence-corrected chi connectivity index (χ4v) is 2.91. The van der Waals surface area contributed by atoms with Crippen molar-refractivity contribution < 1.29 is 24.4 Å². The molecule has 0 amide bonds. The highest BCUT2D eigenvalue weighted by Gasteiger charge is 2.38. The van der Waals surface area contributed by atoms with E-state index in [0.717, 1.165) is 11.1 Å². The predicted molar refractivity (Wildman–Crippen MR) is 92.6 cm³/mol. The van der Waals surface area contributed by atoms with E-state index in [0.29, 0.717) is 13.2 Å². The molecule has 0 radical (unpaired) electrons. The molecular formula is C20H24O5. The molecule has 0 saturated carbocycles. The molecule has 1 aliphatic rings. The van der Waals surface area contributed by atoms with Gasteiger partial charge in [-0.3, -0.25) is 0 Å². The molecule has 4 unspecified atom stereocenters. The fraction of sp³-hybridized carbons (Fsp3) is 0.400. The van der Waals surface area contributed by atoms with Crippen molar-refractivity contribution in [3.63, 3.8) is 0 Å². The Bertz CT molecular complexity index is 618. The Morgan fingerprint density at radius 3 is 2.12 bits per heavy atom. The summed E-state index contributed by atoms with van der Waals surface area (Å²) in [7, 11) is 0.